The molecule has 5 N–H and O–H groups in total. The number of rotatable bonds is 20. The summed E-state index contributed by atoms with van der Waals surface area (Å²) in [5.41, 5.74) is 5.73. The lowest BCUT2D eigenvalue weighted by atomic mass is 9.87. The van der Waals surface area contributed by atoms with Gasteiger partial charge in [0.05, 0.1) is 19.3 Å². The number of carboxylic acids is 1. The molecule has 0 heterocycles. The second-order valence-corrected chi connectivity index (χ2v) is 9.62. The van der Waals surface area contributed by atoms with Crippen molar-refractivity contribution < 1.29 is 44.0 Å². The molecule has 38 heavy (non-hydrogen) atoms. The van der Waals surface area contributed by atoms with Crippen LogP contribution in [0.3, 0.4) is 0 Å². The lowest BCUT2D eigenvalue weighted by Crippen LogP contribution is -2.39. The average molecular weight is 540 g/mol. The summed E-state index contributed by atoms with van der Waals surface area (Å²) in [6, 6.07) is 0. The van der Waals surface area contributed by atoms with Gasteiger partial charge in [0, 0.05) is 44.3 Å². The van der Waals surface area contributed by atoms with Crippen LogP contribution in [0.25, 0.3) is 0 Å². The zero-order chi connectivity index (χ0) is 29.3. The second-order valence-electron chi connectivity index (χ2n) is 9.62. The molecule has 0 aromatic carbocycles. The second kappa shape index (κ2) is 19.3. The van der Waals surface area contributed by atoms with Gasteiger partial charge in [-0.05, 0) is 44.1 Å². The zero-order valence-electron chi connectivity index (χ0n) is 23.2. The van der Waals surface area contributed by atoms with Crippen LogP contribution in [0.15, 0.2) is 36.0 Å². The highest BCUT2D eigenvalue weighted by atomic mass is 16.5. The SMILES string of the molecule is COC(=O)/C=C/CC/C=C/[C@H](OC)[C@H](O)[C@H](C)[C@H](O)/C(C)=C/[C@H](C)C(=O)CCC[C@H](CC(N)=O)CC(=O)O. The first kappa shape index (κ1) is 35.2. The number of carboxylic acid groups (broad SMARTS) is 1. The van der Waals surface area contributed by atoms with Gasteiger partial charge < -0.3 is 30.5 Å². The molecule has 0 rings (SSSR count). The maximum atomic E-state index is 12.6. The number of ether oxygens (including phenoxy) is 2. The Balaban J connectivity index is 4.91. The van der Waals surface area contributed by atoms with Crippen LogP contribution in [0.5, 0.6) is 0 Å². The molecule has 0 saturated heterocycles. The normalized spacial score (nSPS) is 17.1. The lowest BCUT2D eigenvalue weighted by Gasteiger charge is -2.29. The number of hydrogen-bond donors (Lipinski definition) is 4. The first-order valence-electron chi connectivity index (χ1n) is 12.8. The zero-order valence-corrected chi connectivity index (χ0v) is 23.2. The monoisotopic (exact) mass is 539 g/mol. The van der Waals surface area contributed by atoms with E-state index in [0.29, 0.717) is 31.3 Å². The number of ketones is 1. The Morgan fingerprint density at radius 1 is 1.00 bits per heavy atom. The molecular weight excluding hydrogens is 494 g/mol. The van der Waals surface area contributed by atoms with E-state index in [4.69, 9.17) is 15.6 Å². The minimum absolute atomic E-state index is 0.0361. The number of carbonyl (C=O) groups excluding carboxylic acids is 3. The molecule has 0 aliphatic carbocycles. The number of primary amides is 1. The van der Waals surface area contributed by atoms with Crippen molar-refractivity contribution in [1.29, 1.82) is 0 Å². The minimum Gasteiger partial charge on any atom is -0.481 e. The van der Waals surface area contributed by atoms with Crippen molar-refractivity contribution >= 4 is 23.6 Å². The summed E-state index contributed by atoms with van der Waals surface area (Å²) in [7, 11) is 2.77. The third kappa shape index (κ3) is 14.8. The summed E-state index contributed by atoms with van der Waals surface area (Å²) in [4.78, 5) is 45.8. The maximum absolute atomic E-state index is 12.6. The third-order valence-corrected chi connectivity index (χ3v) is 6.40. The number of amides is 1. The molecule has 0 aliphatic rings. The van der Waals surface area contributed by atoms with Gasteiger partial charge in [0.2, 0.25) is 5.91 Å². The Morgan fingerprint density at radius 2 is 1.63 bits per heavy atom. The number of hydrogen-bond acceptors (Lipinski definition) is 8. The van der Waals surface area contributed by atoms with Gasteiger partial charge in [-0.15, -0.1) is 0 Å². The Bertz CT molecular complexity index is 833. The molecule has 216 valence electrons. The van der Waals surface area contributed by atoms with E-state index >= 15 is 0 Å². The molecule has 0 fully saturated rings. The molecule has 10 nitrogen and oxygen atoms in total. The van der Waals surface area contributed by atoms with Crippen LogP contribution in [0, 0.1) is 17.8 Å². The van der Waals surface area contributed by atoms with E-state index in [9.17, 15) is 29.4 Å². The van der Waals surface area contributed by atoms with E-state index < -0.39 is 53.9 Å². The standard InChI is InChI=1S/C28H45NO9/c1-18(22(30)12-10-11-21(16-24(29)31)17-25(32)33)15-19(2)27(35)20(3)28(36)23(37-4)13-8-6-7-9-14-26(34)38-5/h8-9,13-15,18,20-21,23,27-28,35-36H,6-7,10-12,16-17H2,1-5H3,(H2,29,31)(H,32,33)/b13-8+,14-9+,19-15+/t18-,20+,21+,23-,27+,28+/m0/s1. The van der Waals surface area contributed by atoms with Crippen molar-refractivity contribution in [3.8, 4) is 0 Å². The van der Waals surface area contributed by atoms with Crippen LogP contribution in [-0.2, 0) is 28.7 Å². The van der Waals surface area contributed by atoms with Gasteiger partial charge in [-0.1, -0.05) is 38.2 Å². The molecular formula is C28H45NO9. The van der Waals surface area contributed by atoms with E-state index in [1.807, 2.05) is 6.08 Å². The van der Waals surface area contributed by atoms with Crippen LogP contribution >= 0.6 is 0 Å². The van der Waals surface area contributed by atoms with Crippen molar-refractivity contribution in [2.45, 2.75) is 84.0 Å². The van der Waals surface area contributed by atoms with Crippen LogP contribution in [0.2, 0.25) is 0 Å². The molecule has 0 aromatic heterocycles. The highest BCUT2D eigenvalue weighted by molar-refractivity contribution is 5.82. The van der Waals surface area contributed by atoms with Crippen molar-refractivity contribution in [1.82, 2.24) is 0 Å². The number of Topliss-reactive ketones (excluding diaryl/α,β-unsaturated/α-hetero) is 1. The van der Waals surface area contributed by atoms with E-state index in [1.165, 1.54) is 20.3 Å². The van der Waals surface area contributed by atoms with Crippen LogP contribution in [0.1, 0.15) is 65.7 Å². The summed E-state index contributed by atoms with van der Waals surface area (Å²) in [5.74, 6) is -3.57. The Labute approximate surface area is 225 Å². The summed E-state index contributed by atoms with van der Waals surface area (Å²) in [6.07, 6.45) is 7.60. The lowest BCUT2D eigenvalue weighted by molar-refractivity contribution is -0.138. The van der Waals surface area contributed by atoms with E-state index in [-0.39, 0.29) is 25.0 Å². The molecule has 0 radical (unpaired) electrons. The number of esters is 1. The molecule has 0 spiro atoms. The maximum Gasteiger partial charge on any atom is 0.330 e. The third-order valence-electron chi connectivity index (χ3n) is 6.40. The fraction of sp³-hybridized carbons (Fsp3) is 0.643. The van der Waals surface area contributed by atoms with Gasteiger partial charge in [0.25, 0.3) is 0 Å². The molecule has 0 bridgehead atoms. The molecule has 0 aromatic rings. The first-order chi connectivity index (χ1) is 17.8. The number of nitrogens with two attached hydrogens (primary N) is 1. The Morgan fingerprint density at radius 3 is 2.18 bits per heavy atom. The highest BCUT2D eigenvalue weighted by Crippen LogP contribution is 2.23. The van der Waals surface area contributed by atoms with Gasteiger partial charge in [-0.25, -0.2) is 4.79 Å². The number of unbranched alkanes of at least 4 members (excludes halogenated alkanes) is 1. The number of aliphatic carboxylic acids is 1. The average Bonchev–Trinajstić information content (AvgIpc) is 2.85. The Kier molecular flexibility index (Phi) is 17.8. The smallest absolute Gasteiger partial charge is 0.330 e. The van der Waals surface area contributed by atoms with Crippen LogP contribution in [0.4, 0.5) is 0 Å². The van der Waals surface area contributed by atoms with E-state index in [2.05, 4.69) is 4.74 Å². The minimum atomic E-state index is -1.02. The molecule has 0 saturated carbocycles. The number of aliphatic hydroxyl groups excluding tert-OH is 2. The number of methoxy groups -OCH3 is 2. The summed E-state index contributed by atoms with van der Waals surface area (Å²) >= 11 is 0. The van der Waals surface area contributed by atoms with Crippen molar-refractivity contribution in [3.05, 3.63) is 36.0 Å². The van der Waals surface area contributed by atoms with Crippen molar-refractivity contribution in [2.75, 3.05) is 14.2 Å². The summed E-state index contributed by atoms with van der Waals surface area (Å²) in [6.45, 7) is 5.10. The molecule has 0 unspecified atom stereocenters. The predicted octanol–water partition coefficient (Wildman–Crippen LogP) is 2.71. The molecule has 0 aliphatic heterocycles. The Hall–Kier alpha value is -2.82. The highest BCUT2D eigenvalue weighted by Gasteiger charge is 2.29. The van der Waals surface area contributed by atoms with Crippen LogP contribution < -0.4 is 5.73 Å². The number of carbonyl (C=O) groups is 4. The van der Waals surface area contributed by atoms with Crippen molar-refractivity contribution in [2.24, 2.45) is 23.5 Å². The fourth-order valence-electron chi connectivity index (χ4n) is 4.09. The molecule has 1 amide bonds. The quantitative estimate of drug-likeness (QED) is 0.0785. The fourth-order valence-corrected chi connectivity index (χ4v) is 4.09. The van der Waals surface area contributed by atoms with Crippen LogP contribution in [-0.4, -0.2) is 71.5 Å². The van der Waals surface area contributed by atoms with Gasteiger partial charge in [-0.2, -0.15) is 0 Å². The molecule has 6 atom stereocenters. The predicted molar refractivity (Wildman–Crippen MR) is 143 cm³/mol. The number of allylic oxidation sites excluding steroid dienone is 3. The summed E-state index contributed by atoms with van der Waals surface area (Å²) < 4.78 is 9.90. The van der Waals surface area contributed by atoms with E-state index in [0.717, 1.165) is 0 Å². The van der Waals surface area contributed by atoms with Gasteiger partial charge in [0.15, 0.2) is 0 Å². The summed E-state index contributed by atoms with van der Waals surface area (Å²) in [5, 5.41) is 30.5. The number of aliphatic hydroxyl groups is 2. The van der Waals surface area contributed by atoms with E-state index in [1.54, 1.807) is 39.0 Å². The van der Waals surface area contributed by atoms with Gasteiger partial charge >= 0.3 is 11.9 Å². The topological polar surface area (TPSA) is 173 Å². The van der Waals surface area contributed by atoms with Gasteiger partial charge in [0.1, 0.15) is 11.9 Å². The largest absolute Gasteiger partial charge is 0.481 e. The first-order valence-corrected chi connectivity index (χ1v) is 12.8. The van der Waals surface area contributed by atoms with Crippen molar-refractivity contribution in [3.63, 3.8) is 0 Å². The molecule has 10 heteroatoms. The van der Waals surface area contributed by atoms with Gasteiger partial charge in [-0.3, -0.25) is 14.4 Å².